The average molecular weight is 465 g/mol. The molecule has 0 bridgehead atoms. The fourth-order valence-electron chi connectivity index (χ4n) is 2.85. The molecule has 0 fully saturated rings. The van der Waals surface area contributed by atoms with E-state index in [-0.39, 0.29) is 17.2 Å². The first-order chi connectivity index (χ1) is 16.0. The van der Waals surface area contributed by atoms with Gasteiger partial charge in [0.15, 0.2) is 6.10 Å². The van der Waals surface area contributed by atoms with Crippen molar-refractivity contribution in [3.63, 3.8) is 0 Å². The topological polar surface area (TPSA) is 93.7 Å². The van der Waals surface area contributed by atoms with Gasteiger partial charge in [-0.1, -0.05) is 36.4 Å². The summed E-state index contributed by atoms with van der Waals surface area (Å²) in [5.74, 6) is -0.573. The lowest BCUT2D eigenvalue weighted by atomic mass is 10.2. The molecule has 0 aliphatic heterocycles. The van der Waals surface area contributed by atoms with Gasteiger partial charge in [-0.05, 0) is 43.3 Å². The predicted molar refractivity (Wildman–Crippen MR) is 129 cm³/mol. The standard InChI is InChI=1S/C25H24N2O5S/c1-17(24(29)27-18-9-4-3-5-10-18)32-25(30)21-13-6-7-14-22(21)33-16-23(28)26-19-11-8-12-20(15-19)31-2/h3-15,17H,16H2,1-2H3,(H,26,28)(H,27,29). The van der Waals surface area contributed by atoms with Gasteiger partial charge in [-0.2, -0.15) is 0 Å². The first-order valence-corrected chi connectivity index (χ1v) is 11.2. The second-order valence-electron chi connectivity index (χ2n) is 6.97. The molecule has 8 heteroatoms. The molecule has 0 aliphatic carbocycles. The highest BCUT2D eigenvalue weighted by Gasteiger charge is 2.21. The minimum Gasteiger partial charge on any atom is -0.497 e. The Bertz CT molecular complexity index is 1120. The number of carbonyl (C=O) groups is 3. The Labute approximate surface area is 196 Å². The van der Waals surface area contributed by atoms with E-state index in [4.69, 9.17) is 9.47 Å². The van der Waals surface area contributed by atoms with Gasteiger partial charge in [0.25, 0.3) is 5.91 Å². The third-order valence-corrected chi connectivity index (χ3v) is 5.59. The SMILES string of the molecule is COc1cccc(NC(=O)CSc2ccccc2C(=O)OC(C)C(=O)Nc2ccccc2)c1. The summed E-state index contributed by atoms with van der Waals surface area (Å²) < 4.78 is 10.5. The van der Waals surface area contributed by atoms with Crippen LogP contribution in [0.1, 0.15) is 17.3 Å². The third kappa shape index (κ3) is 7.11. The number of benzene rings is 3. The van der Waals surface area contributed by atoms with Crippen molar-refractivity contribution < 1.29 is 23.9 Å². The van der Waals surface area contributed by atoms with E-state index >= 15 is 0 Å². The monoisotopic (exact) mass is 464 g/mol. The van der Waals surface area contributed by atoms with Crippen molar-refractivity contribution in [1.82, 2.24) is 0 Å². The van der Waals surface area contributed by atoms with Crippen molar-refractivity contribution >= 4 is 40.9 Å². The predicted octanol–water partition coefficient (Wildman–Crippen LogP) is 4.61. The van der Waals surface area contributed by atoms with Crippen LogP contribution in [0.4, 0.5) is 11.4 Å². The van der Waals surface area contributed by atoms with Gasteiger partial charge in [-0.15, -0.1) is 11.8 Å². The van der Waals surface area contributed by atoms with Crippen LogP contribution in [-0.2, 0) is 14.3 Å². The molecule has 2 amide bonds. The van der Waals surface area contributed by atoms with Crippen LogP contribution in [-0.4, -0.2) is 36.8 Å². The molecule has 0 aliphatic rings. The molecular formula is C25H24N2O5S. The molecule has 0 saturated carbocycles. The van der Waals surface area contributed by atoms with Crippen molar-refractivity contribution in [2.45, 2.75) is 17.9 Å². The van der Waals surface area contributed by atoms with Crippen LogP contribution in [0.2, 0.25) is 0 Å². The van der Waals surface area contributed by atoms with Crippen molar-refractivity contribution in [3.8, 4) is 5.75 Å². The van der Waals surface area contributed by atoms with Gasteiger partial charge >= 0.3 is 5.97 Å². The van der Waals surface area contributed by atoms with Crippen LogP contribution >= 0.6 is 11.8 Å². The van der Waals surface area contributed by atoms with E-state index in [1.807, 2.05) is 6.07 Å². The maximum atomic E-state index is 12.7. The van der Waals surface area contributed by atoms with Crippen LogP contribution in [0.15, 0.2) is 83.8 Å². The van der Waals surface area contributed by atoms with Gasteiger partial charge in [0, 0.05) is 22.3 Å². The van der Waals surface area contributed by atoms with E-state index in [1.54, 1.807) is 79.9 Å². The fourth-order valence-corrected chi connectivity index (χ4v) is 3.69. The zero-order valence-corrected chi connectivity index (χ0v) is 19.1. The summed E-state index contributed by atoms with van der Waals surface area (Å²) in [4.78, 5) is 38.0. The fraction of sp³-hybridized carbons (Fsp3) is 0.160. The molecule has 7 nitrogen and oxygen atoms in total. The molecular weight excluding hydrogens is 440 g/mol. The van der Waals surface area contributed by atoms with Crippen LogP contribution in [0, 0.1) is 0 Å². The molecule has 2 N–H and O–H groups in total. The lowest BCUT2D eigenvalue weighted by Gasteiger charge is -2.15. The molecule has 3 rings (SSSR count). The first kappa shape index (κ1) is 23.9. The van der Waals surface area contributed by atoms with Crippen LogP contribution in [0.25, 0.3) is 0 Å². The van der Waals surface area contributed by atoms with E-state index in [0.717, 1.165) is 0 Å². The van der Waals surface area contributed by atoms with Gasteiger partial charge in [0.05, 0.1) is 18.4 Å². The van der Waals surface area contributed by atoms with E-state index in [2.05, 4.69) is 10.6 Å². The van der Waals surface area contributed by atoms with E-state index in [9.17, 15) is 14.4 Å². The molecule has 0 saturated heterocycles. The number of ether oxygens (including phenoxy) is 2. The highest BCUT2D eigenvalue weighted by Crippen LogP contribution is 2.24. The summed E-state index contributed by atoms with van der Waals surface area (Å²) >= 11 is 1.21. The molecule has 0 heterocycles. The Hall–Kier alpha value is -3.78. The van der Waals surface area contributed by atoms with Crippen LogP contribution < -0.4 is 15.4 Å². The zero-order valence-electron chi connectivity index (χ0n) is 18.2. The summed E-state index contributed by atoms with van der Waals surface area (Å²) in [7, 11) is 1.55. The van der Waals surface area contributed by atoms with Gasteiger partial charge in [-0.3, -0.25) is 9.59 Å². The van der Waals surface area contributed by atoms with E-state index in [1.165, 1.54) is 18.7 Å². The molecule has 0 aromatic heterocycles. The summed E-state index contributed by atoms with van der Waals surface area (Å²) in [6, 6.07) is 22.8. The number of anilines is 2. The number of methoxy groups -OCH3 is 1. The lowest BCUT2D eigenvalue weighted by molar-refractivity contribution is -0.123. The average Bonchev–Trinajstić information content (AvgIpc) is 2.83. The minimum absolute atomic E-state index is 0.0888. The van der Waals surface area contributed by atoms with Crippen molar-refractivity contribution in [1.29, 1.82) is 0 Å². The second-order valence-corrected chi connectivity index (χ2v) is 7.98. The number of esters is 1. The number of rotatable bonds is 9. The Kier molecular flexibility index (Phi) is 8.49. The summed E-state index contributed by atoms with van der Waals surface area (Å²) in [5, 5.41) is 5.50. The highest BCUT2D eigenvalue weighted by atomic mass is 32.2. The molecule has 0 radical (unpaired) electrons. The van der Waals surface area contributed by atoms with Gasteiger partial charge in [-0.25, -0.2) is 4.79 Å². The minimum atomic E-state index is -0.993. The van der Waals surface area contributed by atoms with Crippen molar-refractivity contribution in [3.05, 3.63) is 84.4 Å². The summed E-state index contributed by atoms with van der Waals surface area (Å²) in [6.45, 7) is 1.51. The number of hydrogen-bond acceptors (Lipinski definition) is 6. The van der Waals surface area contributed by atoms with Crippen LogP contribution in [0.3, 0.4) is 0 Å². The molecule has 1 unspecified atom stereocenters. The molecule has 33 heavy (non-hydrogen) atoms. The third-order valence-electron chi connectivity index (χ3n) is 4.51. The zero-order chi connectivity index (χ0) is 23.6. The Balaban J connectivity index is 1.58. The number of thioether (sulfide) groups is 1. The maximum absolute atomic E-state index is 12.7. The molecule has 3 aromatic carbocycles. The van der Waals surface area contributed by atoms with E-state index in [0.29, 0.717) is 22.0 Å². The molecule has 0 spiro atoms. The number of amides is 2. The van der Waals surface area contributed by atoms with Crippen LogP contribution in [0.5, 0.6) is 5.75 Å². The summed E-state index contributed by atoms with van der Waals surface area (Å²) in [6.07, 6.45) is -0.993. The second kappa shape index (κ2) is 11.7. The number of hydrogen-bond donors (Lipinski definition) is 2. The summed E-state index contributed by atoms with van der Waals surface area (Å²) in [5.41, 5.74) is 1.52. The Morgan fingerprint density at radius 1 is 0.879 bits per heavy atom. The normalized spacial score (nSPS) is 11.2. The highest BCUT2D eigenvalue weighted by molar-refractivity contribution is 8.00. The van der Waals surface area contributed by atoms with Gasteiger partial charge in [0.1, 0.15) is 5.75 Å². The lowest BCUT2D eigenvalue weighted by Crippen LogP contribution is -2.30. The largest absolute Gasteiger partial charge is 0.497 e. The quantitative estimate of drug-likeness (QED) is 0.355. The smallest absolute Gasteiger partial charge is 0.340 e. The maximum Gasteiger partial charge on any atom is 0.340 e. The van der Waals surface area contributed by atoms with Crippen molar-refractivity contribution in [2.75, 3.05) is 23.5 Å². The number of para-hydroxylation sites is 1. The molecule has 170 valence electrons. The molecule has 1 atom stereocenters. The van der Waals surface area contributed by atoms with E-state index < -0.39 is 18.0 Å². The van der Waals surface area contributed by atoms with Gasteiger partial charge in [0.2, 0.25) is 5.91 Å². The Morgan fingerprint density at radius 2 is 1.58 bits per heavy atom. The van der Waals surface area contributed by atoms with Gasteiger partial charge < -0.3 is 20.1 Å². The van der Waals surface area contributed by atoms with Crippen molar-refractivity contribution in [2.24, 2.45) is 0 Å². The molecule has 3 aromatic rings. The Morgan fingerprint density at radius 3 is 2.33 bits per heavy atom. The first-order valence-electron chi connectivity index (χ1n) is 10.2. The number of nitrogens with one attached hydrogen (secondary N) is 2. The number of carbonyl (C=O) groups excluding carboxylic acids is 3.